The van der Waals surface area contributed by atoms with Crippen molar-refractivity contribution in [3.8, 4) is 0 Å². The molecule has 3 nitrogen and oxygen atoms in total. The van der Waals surface area contributed by atoms with E-state index in [0.29, 0.717) is 12.5 Å². The number of piperidine rings is 1. The summed E-state index contributed by atoms with van der Waals surface area (Å²) >= 11 is 0. The van der Waals surface area contributed by atoms with Gasteiger partial charge in [0.15, 0.2) is 0 Å². The molecule has 0 aromatic carbocycles. The Hall–Kier alpha value is -0.120. The predicted octanol–water partition coefficient (Wildman–Crippen LogP) is 1.86. The van der Waals surface area contributed by atoms with Crippen LogP contribution in [0.1, 0.15) is 45.4 Å². The van der Waals surface area contributed by atoms with E-state index in [-0.39, 0.29) is 0 Å². The van der Waals surface area contributed by atoms with Gasteiger partial charge in [-0.25, -0.2) is 0 Å². The van der Waals surface area contributed by atoms with E-state index in [4.69, 9.17) is 0 Å². The van der Waals surface area contributed by atoms with E-state index in [0.717, 1.165) is 18.5 Å². The second kappa shape index (κ2) is 7.46. The number of aliphatic hydroxyl groups excluding tert-OH is 1. The Bertz CT molecular complexity index is 221. The van der Waals surface area contributed by atoms with Crippen LogP contribution in [0.4, 0.5) is 0 Å². The maximum Gasteiger partial charge on any atom is 0.0474 e. The smallest absolute Gasteiger partial charge is 0.0474 e. The van der Waals surface area contributed by atoms with Crippen molar-refractivity contribution in [1.29, 1.82) is 0 Å². The minimum Gasteiger partial charge on any atom is -0.396 e. The number of aliphatic hydroxyl groups is 1. The maximum absolute atomic E-state index is 9.62. The van der Waals surface area contributed by atoms with Gasteiger partial charge in [0, 0.05) is 19.2 Å². The molecule has 0 bridgehead atoms. The molecule has 2 aliphatic rings. The summed E-state index contributed by atoms with van der Waals surface area (Å²) in [4.78, 5) is 2.52. The molecule has 0 spiro atoms. The Morgan fingerprint density at radius 3 is 2.39 bits per heavy atom. The monoisotopic (exact) mass is 254 g/mol. The molecule has 1 aliphatic heterocycles. The summed E-state index contributed by atoms with van der Waals surface area (Å²) in [6, 6.07) is 0.731. The molecule has 1 heterocycles. The molecule has 1 atom stereocenters. The van der Waals surface area contributed by atoms with Crippen LogP contribution in [-0.2, 0) is 0 Å². The molecule has 1 unspecified atom stereocenters. The van der Waals surface area contributed by atoms with Crippen molar-refractivity contribution < 1.29 is 5.11 Å². The highest BCUT2D eigenvalue weighted by atomic mass is 16.3. The number of hydrogen-bond donors (Lipinski definition) is 2. The first kappa shape index (κ1) is 14.3. The molecular formula is C15H30N2O. The maximum atomic E-state index is 9.62. The first-order valence-electron chi connectivity index (χ1n) is 7.90. The lowest BCUT2D eigenvalue weighted by atomic mass is 9.84. The first-order chi connectivity index (χ1) is 8.83. The van der Waals surface area contributed by atoms with Gasteiger partial charge in [0.25, 0.3) is 0 Å². The highest BCUT2D eigenvalue weighted by Gasteiger charge is 2.26. The second-order valence-electron chi connectivity index (χ2n) is 6.10. The average molecular weight is 254 g/mol. The van der Waals surface area contributed by atoms with Crippen molar-refractivity contribution in [2.45, 2.75) is 51.5 Å². The topological polar surface area (TPSA) is 35.5 Å². The van der Waals surface area contributed by atoms with Crippen molar-refractivity contribution in [2.75, 3.05) is 32.8 Å². The van der Waals surface area contributed by atoms with Gasteiger partial charge in [-0.1, -0.05) is 19.8 Å². The van der Waals surface area contributed by atoms with Gasteiger partial charge in [-0.2, -0.15) is 0 Å². The summed E-state index contributed by atoms with van der Waals surface area (Å²) in [5, 5.41) is 13.3. The van der Waals surface area contributed by atoms with Crippen LogP contribution in [0.5, 0.6) is 0 Å². The number of hydrogen-bond acceptors (Lipinski definition) is 3. The van der Waals surface area contributed by atoms with E-state index in [1.165, 1.54) is 58.2 Å². The first-order valence-corrected chi connectivity index (χ1v) is 7.90. The Kier molecular flexibility index (Phi) is 5.93. The molecule has 0 aromatic rings. The number of nitrogens with one attached hydrogen (secondary N) is 1. The zero-order valence-electron chi connectivity index (χ0n) is 11.9. The Morgan fingerprint density at radius 1 is 1.17 bits per heavy atom. The molecule has 0 radical (unpaired) electrons. The van der Waals surface area contributed by atoms with Crippen LogP contribution in [-0.4, -0.2) is 48.8 Å². The highest BCUT2D eigenvalue weighted by molar-refractivity contribution is 4.81. The minimum atomic E-state index is 0.358. The summed E-state index contributed by atoms with van der Waals surface area (Å²) in [6.45, 7) is 7.25. The number of likely N-dealkylation sites (tertiary alicyclic amines) is 1. The van der Waals surface area contributed by atoms with Gasteiger partial charge in [-0.3, -0.25) is 0 Å². The second-order valence-corrected chi connectivity index (χ2v) is 6.10. The molecular weight excluding hydrogens is 224 g/mol. The van der Waals surface area contributed by atoms with Crippen LogP contribution in [0.2, 0.25) is 0 Å². The van der Waals surface area contributed by atoms with Gasteiger partial charge in [0.2, 0.25) is 0 Å². The highest BCUT2D eigenvalue weighted by Crippen LogP contribution is 2.25. The molecule has 1 saturated carbocycles. The fraction of sp³-hybridized carbons (Fsp3) is 1.00. The fourth-order valence-corrected chi connectivity index (χ4v) is 3.57. The molecule has 1 saturated heterocycles. The lowest BCUT2D eigenvalue weighted by Gasteiger charge is -2.35. The van der Waals surface area contributed by atoms with E-state index in [1.807, 2.05) is 0 Å². The SMILES string of the molecule is CCN1CCC(C(CO)CNC2CCCC2)CC1. The van der Waals surface area contributed by atoms with Crippen molar-refractivity contribution in [1.82, 2.24) is 10.2 Å². The third-order valence-corrected chi connectivity index (χ3v) is 5.00. The van der Waals surface area contributed by atoms with Crippen LogP contribution in [0.15, 0.2) is 0 Å². The average Bonchev–Trinajstić information content (AvgIpc) is 2.93. The standard InChI is InChI=1S/C15H30N2O/c1-2-17-9-7-13(8-10-17)14(12-18)11-16-15-5-3-4-6-15/h13-16,18H,2-12H2,1H3. The normalized spacial score (nSPS) is 25.7. The van der Waals surface area contributed by atoms with Crippen molar-refractivity contribution in [2.24, 2.45) is 11.8 Å². The van der Waals surface area contributed by atoms with Gasteiger partial charge in [-0.05, 0) is 57.2 Å². The zero-order chi connectivity index (χ0) is 12.8. The Morgan fingerprint density at radius 2 is 1.83 bits per heavy atom. The predicted molar refractivity (Wildman–Crippen MR) is 75.7 cm³/mol. The van der Waals surface area contributed by atoms with Crippen LogP contribution >= 0.6 is 0 Å². The van der Waals surface area contributed by atoms with Gasteiger partial charge in [0.05, 0.1) is 0 Å². The summed E-state index contributed by atoms with van der Waals surface area (Å²) in [5.74, 6) is 1.20. The third-order valence-electron chi connectivity index (χ3n) is 5.00. The summed E-state index contributed by atoms with van der Waals surface area (Å²) in [6.07, 6.45) is 7.99. The molecule has 2 N–H and O–H groups in total. The van der Waals surface area contributed by atoms with E-state index in [1.54, 1.807) is 0 Å². The van der Waals surface area contributed by atoms with Gasteiger partial charge in [-0.15, -0.1) is 0 Å². The third kappa shape index (κ3) is 3.94. The largest absolute Gasteiger partial charge is 0.396 e. The Balaban J connectivity index is 1.70. The molecule has 2 fully saturated rings. The Labute approximate surface area is 112 Å². The van der Waals surface area contributed by atoms with E-state index < -0.39 is 0 Å². The van der Waals surface area contributed by atoms with E-state index in [2.05, 4.69) is 17.1 Å². The van der Waals surface area contributed by atoms with Crippen molar-refractivity contribution >= 4 is 0 Å². The van der Waals surface area contributed by atoms with Gasteiger partial charge >= 0.3 is 0 Å². The van der Waals surface area contributed by atoms with E-state index >= 15 is 0 Å². The van der Waals surface area contributed by atoms with Crippen molar-refractivity contribution in [3.05, 3.63) is 0 Å². The van der Waals surface area contributed by atoms with E-state index in [9.17, 15) is 5.11 Å². The quantitative estimate of drug-likeness (QED) is 0.759. The van der Waals surface area contributed by atoms with Gasteiger partial charge < -0.3 is 15.3 Å². The fourth-order valence-electron chi connectivity index (χ4n) is 3.57. The molecule has 106 valence electrons. The van der Waals surface area contributed by atoms with Crippen LogP contribution < -0.4 is 5.32 Å². The lowest BCUT2D eigenvalue weighted by Crippen LogP contribution is -2.41. The minimum absolute atomic E-state index is 0.358. The molecule has 0 aromatic heterocycles. The molecule has 18 heavy (non-hydrogen) atoms. The van der Waals surface area contributed by atoms with Gasteiger partial charge in [0.1, 0.15) is 0 Å². The van der Waals surface area contributed by atoms with Crippen LogP contribution in [0.3, 0.4) is 0 Å². The molecule has 0 amide bonds. The molecule has 3 heteroatoms. The summed E-state index contributed by atoms with van der Waals surface area (Å²) in [7, 11) is 0. The number of rotatable bonds is 6. The number of nitrogens with zero attached hydrogens (tertiary/aromatic N) is 1. The molecule has 1 aliphatic carbocycles. The lowest BCUT2D eigenvalue weighted by molar-refractivity contribution is 0.107. The summed E-state index contributed by atoms with van der Waals surface area (Å²) < 4.78 is 0. The zero-order valence-corrected chi connectivity index (χ0v) is 11.9. The van der Waals surface area contributed by atoms with Crippen LogP contribution in [0, 0.1) is 11.8 Å². The molecule has 2 rings (SSSR count). The van der Waals surface area contributed by atoms with Crippen LogP contribution in [0.25, 0.3) is 0 Å². The van der Waals surface area contributed by atoms with Crippen molar-refractivity contribution in [3.63, 3.8) is 0 Å². The summed E-state index contributed by atoms with van der Waals surface area (Å²) in [5.41, 5.74) is 0.